The SMILES string of the molecule is C/C=C\CCc1nc(-c2ccccc2)n(C)c1C. The lowest BCUT2D eigenvalue weighted by molar-refractivity contribution is 0.868. The van der Waals surface area contributed by atoms with Gasteiger partial charge in [-0.3, -0.25) is 0 Å². The number of benzene rings is 1. The van der Waals surface area contributed by atoms with Crippen LogP contribution in [0.3, 0.4) is 0 Å². The molecule has 0 saturated carbocycles. The van der Waals surface area contributed by atoms with Crippen LogP contribution in [0.1, 0.15) is 24.7 Å². The van der Waals surface area contributed by atoms with Crippen LogP contribution in [0.4, 0.5) is 0 Å². The summed E-state index contributed by atoms with van der Waals surface area (Å²) >= 11 is 0. The first kappa shape index (κ1) is 12.6. The van der Waals surface area contributed by atoms with Crippen molar-refractivity contribution in [3.63, 3.8) is 0 Å². The number of imidazole rings is 1. The number of nitrogens with zero attached hydrogens (tertiary/aromatic N) is 2. The number of hydrogen-bond acceptors (Lipinski definition) is 1. The lowest BCUT2D eigenvalue weighted by Gasteiger charge is -2.02. The van der Waals surface area contributed by atoms with Gasteiger partial charge in [0.1, 0.15) is 5.82 Å². The average molecular weight is 240 g/mol. The molecular weight excluding hydrogens is 220 g/mol. The van der Waals surface area contributed by atoms with Crippen molar-refractivity contribution in [2.45, 2.75) is 26.7 Å². The van der Waals surface area contributed by atoms with Crippen LogP contribution < -0.4 is 0 Å². The largest absolute Gasteiger partial charge is 0.331 e. The molecule has 1 aromatic carbocycles. The smallest absolute Gasteiger partial charge is 0.140 e. The van der Waals surface area contributed by atoms with Crippen LogP contribution in [0.5, 0.6) is 0 Å². The molecule has 94 valence electrons. The molecule has 0 radical (unpaired) electrons. The van der Waals surface area contributed by atoms with Gasteiger partial charge in [-0.05, 0) is 26.7 Å². The molecule has 0 amide bonds. The van der Waals surface area contributed by atoms with Crippen LogP contribution in [0.15, 0.2) is 42.5 Å². The molecule has 2 heteroatoms. The lowest BCUT2D eigenvalue weighted by atomic mass is 10.2. The molecule has 2 nitrogen and oxygen atoms in total. The van der Waals surface area contributed by atoms with Gasteiger partial charge >= 0.3 is 0 Å². The van der Waals surface area contributed by atoms with Crippen molar-refractivity contribution >= 4 is 0 Å². The molecule has 0 atom stereocenters. The fourth-order valence-electron chi connectivity index (χ4n) is 2.11. The minimum Gasteiger partial charge on any atom is -0.331 e. The molecule has 0 spiro atoms. The Balaban J connectivity index is 2.31. The summed E-state index contributed by atoms with van der Waals surface area (Å²) in [6.45, 7) is 4.20. The standard InChI is InChI=1S/C16H20N2/c1-4-5-7-12-15-13(2)18(3)16(17-15)14-10-8-6-9-11-14/h4-6,8-11H,7,12H2,1-3H3/b5-4-. The normalized spacial score (nSPS) is 11.3. The zero-order valence-corrected chi connectivity index (χ0v) is 11.4. The summed E-state index contributed by atoms with van der Waals surface area (Å²) in [5, 5.41) is 0. The molecule has 0 bridgehead atoms. The van der Waals surface area contributed by atoms with Crippen LogP contribution in [0, 0.1) is 6.92 Å². The van der Waals surface area contributed by atoms with E-state index in [4.69, 9.17) is 4.98 Å². The summed E-state index contributed by atoms with van der Waals surface area (Å²) in [5.41, 5.74) is 3.65. The number of allylic oxidation sites excluding steroid dienone is 2. The van der Waals surface area contributed by atoms with E-state index in [0.717, 1.165) is 18.7 Å². The number of hydrogen-bond donors (Lipinski definition) is 0. The van der Waals surface area contributed by atoms with Gasteiger partial charge in [-0.25, -0.2) is 4.98 Å². The van der Waals surface area contributed by atoms with Gasteiger partial charge in [0.05, 0.1) is 5.69 Å². The Bertz CT molecular complexity index is 536. The Kier molecular flexibility index (Phi) is 3.98. The van der Waals surface area contributed by atoms with E-state index in [9.17, 15) is 0 Å². The summed E-state index contributed by atoms with van der Waals surface area (Å²) in [6, 6.07) is 10.4. The van der Waals surface area contributed by atoms with Crippen molar-refractivity contribution in [1.82, 2.24) is 9.55 Å². The Labute approximate surface area is 109 Å². The average Bonchev–Trinajstić information content (AvgIpc) is 2.68. The Morgan fingerprint density at radius 3 is 2.61 bits per heavy atom. The van der Waals surface area contributed by atoms with E-state index in [1.165, 1.54) is 17.0 Å². The summed E-state index contributed by atoms with van der Waals surface area (Å²) in [5.74, 6) is 1.06. The van der Waals surface area contributed by atoms with E-state index < -0.39 is 0 Å². The number of aromatic nitrogens is 2. The Morgan fingerprint density at radius 1 is 1.22 bits per heavy atom. The summed E-state index contributed by atoms with van der Waals surface area (Å²) < 4.78 is 2.18. The first-order valence-electron chi connectivity index (χ1n) is 6.42. The third kappa shape index (κ3) is 2.53. The number of aryl methyl sites for hydroxylation is 1. The van der Waals surface area contributed by atoms with E-state index in [2.05, 4.69) is 61.9 Å². The summed E-state index contributed by atoms with van der Waals surface area (Å²) in [6.07, 6.45) is 6.35. The highest BCUT2D eigenvalue weighted by Crippen LogP contribution is 2.21. The summed E-state index contributed by atoms with van der Waals surface area (Å²) in [7, 11) is 2.09. The maximum absolute atomic E-state index is 4.78. The van der Waals surface area contributed by atoms with Crippen molar-refractivity contribution in [2.24, 2.45) is 7.05 Å². The fourth-order valence-corrected chi connectivity index (χ4v) is 2.11. The molecule has 0 unspecified atom stereocenters. The fraction of sp³-hybridized carbons (Fsp3) is 0.312. The second-order valence-corrected chi connectivity index (χ2v) is 4.50. The molecular formula is C16H20N2. The third-order valence-corrected chi connectivity index (χ3v) is 3.29. The Hall–Kier alpha value is -1.83. The van der Waals surface area contributed by atoms with Gasteiger partial charge in [-0.2, -0.15) is 0 Å². The first-order chi connectivity index (χ1) is 8.74. The van der Waals surface area contributed by atoms with Gasteiger partial charge in [-0.1, -0.05) is 42.5 Å². The zero-order chi connectivity index (χ0) is 13.0. The molecule has 0 N–H and O–H groups in total. The van der Waals surface area contributed by atoms with Crippen LogP contribution >= 0.6 is 0 Å². The molecule has 1 aromatic heterocycles. The van der Waals surface area contributed by atoms with E-state index in [1.54, 1.807) is 0 Å². The third-order valence-electron chi connectivity index (χ3n) is 3.29. The second-order valence-electron chi connectivity index (χ2n) is 4.50. The minimum absolute atomic E-state index is 1.01. The van der Waals surface area contributed by atoms with E-state index in [-0.39, 0.29) is 0 Å². The zero-order valence-electron chi connectivity index (χ0n) is 11.4. The van der Waals surface area contributed by atoms with Gasteiger partial charge in [0.15, 0.2) is 0 Å². The second kappa shape index (κ2) is 5.67. The van der Waals surface area contributed by atoms with Crippen molar-refractivity contribution in [2.75, 3.05) is 0 Å². The maximum atomic E-state index is 4.78. The predicted molar refractivity (Wildman–Crippen MR) is 76.5 cm³/mol. The van der Waals surface area contributed by atoms with Crippen LogP contribution in [-0.4, -0.2) is 9.55 Å². The highest BCUT2D eigenvalue weighted by atomic mass is 15.1. The van der Waals surface area contributed by atoms with E-state index >= 15 is 0 Å². The van der Waals surface area contributed by atoms with Crippen LogP contribution in [-0.2, 0) is 13.5 Å². The Morgan fingerprint density at radius 2 is 1.94 bits per heavy atom. The molecule has 2 rings (SSSR count). The van der Waals surface area contributed by atoms with Crippen molar-refractivity contribution in [3.05, 3.63) is 53.9 Å². The highest BCUT2D eigenvalue weighted by molar-refractivity contribution is 5.56. The molecule has 0 fully saturated rings. The van der Waals surface area contributed by atoms with E-state index in [0.29, 0.717) is 0 Å². The topological polar surface area (TPSA) is 17.8 Å². The first-order valence-corrected chi connectivity index (χ1v) is 6.42. The van der Waals surface area contributed by atoms with E-state index in [1.807, 2.05) is 6.07 Å². The van der Waals surface area contributed by atoms with Gasteiger partial charge < -0.3 is 4.57 Å². The summed E-state index contributed by atoms with van der Waals surface area (Å²) in [4.78, 5) is 4.78. The van der Waals surface area contributed by atoms with Gasteiger partial charge in [0.25, 0.3) is 0 Å². The van der Waals surface area contributed by atoms with Gasteiger partial charge in [0, 0.05) is 18.3 Å². The molecule has 1 heterocycles. The van der Waals surface area contributed by atoms with Crippen molar-refractivity contribution in [3.8, 4) is 11.4 Å². The lowest BCUT2D eigenvalue weighted by Crippen LogP contribution is -1.95. The van der Waals surface area contributed by atoms with Crippen LogP contribution in [0.2, 0.25) is 0 Å². The molecule has 0 aliphatic rings. The van der Waals surface area contributed by atoms with Crippen LogP contribution in [0.25, 0.3) is 11.4 Å². The van der Waals surface area contributed by atoms with Crippen molar-refractivity contribution in [1.29, 1.82) is 0 Å². The van der Waals surface area contributed by atoms with Gasteiger partial charge in [0.2, 0.25) is 0 Å². The molecule has 18 heavy (non-hydrogen) atoms. The highest BCUT2D eigenvalue weighted by Gasteiger charge is 2.11. The maximum Gasteiger partial charge on any atom is 0.140 e. The quantitative estimate of drug-likeness (QED) is 0.741. The number of rotatable bonds is 4. The van der Waals surface area contributed by atoms with Gasteiger partial charge in [-0.15, -0.1) is 0 Å². The van der Waals surface area contributed by atoms with Crippen molar-refractivity contribution < 1.29 is 0 Å². The molecule has 0 saturated heterocycles. The molecule has 2 aromatic rings. The minimum atomic E-state index is 1.01. The molecule has 0 aliphatic heterocycles. The molecule has 0 aliphatic carbocycles. The monoisotopic (exact) mass is 240 g/mol. The predicted octanol–water partition coefficient (Wildman–Crippen LogP) is 3.90.